The molecule has 1 heterocycles. The van der Waals surface area contributed by atoms with Gasteiger partial charge in [0.2, 0.25) is 5.91 Å². The second-order valence-electron chi connectivity index (χ2n) is 7.74. The van der Waals surface area contributed by atoms with Crippen LogP contribution in [0.5, 0.6) is 11.5 Å². The molecule has 0 saturated heterocycles. The third kappa shape index (κ3) is 3.61. The lowest BCUT2D eigenvalue weighted by atomic mass is 9.94. The monoisotopic (exact) mass is 344 g/mol. The summed E-state index contributed by atoms with van der Waals surface area (Å²) in [5, 5.41) is 3.00. The summed E-state index contributed by atoms with van der Waals surface area (Å²) >= 11 is 0. The minimum absolute atomic E-state index is 0.0284. The van der Waals surface area contributed by atoms with E-state index in [0.29, 0.717) is 12.6 Å². The zero-order valence-corrected chi connectivity index (χ0v) is 15.1. The van der Waals surface area contributed by atoms with Gasteiger partial charge in [-0.2, -0.15) is 0 Å². The molecule has 1 aromatic rings. The lowest BCUT2D eigenvalue weighted by molar-refractivity contribution is -0.117. The average molecular weight is 344 g/mol. The second-order valence-corrected chi connectivity index (χ2v) is 7.74. The molecule has 5 nitrogen and oxygen atoms in total. The Labute approximate surface area is 149 Å². The van der Waals surface area contributed by atoms with Crippen LogP contribution in [0.2, 0.25) is 0 Å². The molecule has 25 heavy (non-hydrogen) atoms. The second kappa shape index (κ2) is 6.87. The highest BCUT2D eigenvalue weighted by atomic mass is 16.7. The van der Waals surface area contributed by atoms with Crippen molar-refractivity contribution < 1.29 is 14.3 Å². The Hall–Kier alpha value is -1.75. The number of carbonyl (C=O) groups excluding carboxylic acids is 1. The van der Waals surface area contributed by atoms with Gasteiger partial charge in [0, 0.05) is 30.6 Å². The quantitative estimate of drug-likeness (QED) is 0.899. The number of ether oxygens (including phenoxy) is 2. The van der Waals surface area contributed by atoms with Crippen molar-refractivity contribution in [1.82, 2.24) is 4.90 Å². The van der Waals surface area contributed by atoms with Crippen LogP contribution in [0.25, 0.3) is 0 Å². The fourth-order valence-corrected chi connectivity index (χ4v) is 4.37. The number of amides is 1. The van der Waals surface area contributed by atoms with Gasteiger partial charge in [0.1, 0.15) is 0 Å². The number of benzene rings is 1. The molecule has 1 aromatic carbocycles. The number of rotatable bonds is 4. The van der Waals surface area contributed by atoms with Gasteiger partial charge in [-0.3, -0.25) is 9.69 Å². The number of carbonyl (C=O) groups is 1. The Balaban J connectivity index is 1.36. The minimum Gasteiger partial charge on any atom is -0.448 e. The summed E-state index contributed by atoms with van der Waals surface area (Å²) < 4.78 is 12.2. The molecular weight excluding hydrogens is 316 g/mol. The van der Waals surface area contributed by atoms with Gasteiger partial charge in [0.25, 0.3) is 5.79 Å². The summed E-state index contributed by atoms with van der Waals surface area (Å²) in [6.45, 7) is 0.434. The first kappa shape index (κ1) is 16.7. The molecule has 3 aliphatic rings. The third-order valence-electron chi connectivity index (χ3n) is 5.78. The Bertz CT molecular complexity index is 634. The van der Waals surface area contributed by atoms with Gasteiger partial charge in [-0.15, -0.1) is 0 Å². The summed E-state index contributed by atoms with van der Waals surface area (Å²) in [7, 11) is 2.04. The number of likely N-dealkylation sites (N-methyl/N-ethyl adjacent to an activating group) is 1. The van der Waals surface area contributed by atoms with Crippen LogP contribution < -0.4 is 14.8 Å². The fraction of sp³-hybridized carbons (Fsp3) is 0.650. The van der Waals surface area contributed by atoms with E-state index in [0.717, 1.165) is 42.9 Å². The van der Waals surface area contributed by atoms with Gasteiger partial charge in [-0.05, 0) is 44.9 Å². The maximum absolute atomic E-state index is 12.4. The summed E-state index contributed by atoms with van der Waals surface area (Å²) in [5.41, 5.74) is 0.778. The van der Waals surface area contributed by atoms with E-state index in [2.05, 4.69) is 10.2 Å². The number of hydrogen-bond donors (Lipinski definition) is 1. The smallest absolute Gasteiger partial charge is 0.251 e. The SMILES string of the molecule is CN(CC(=O)Nc1ccc2c(c1)OC1(CCCCC1)O2)C1CCCC1. The van der Waals surface area contributed by atoms with E-state index in [1.54, 1.807) is 0 Å². The Morgan fingerprint density at radius 2 is 1.84 bits per heavy atom. The van der Waals surface area contributed by atoms with Gasteiger partial charge in [0.15, 0.2) is 11.5 Å². The number of anilines is 1. The van der Waals surface area contributed by atoms with Crippen LogP contribution in [-0.4, -0.2) is 36.2 Å². The minimum atomic E-state index is -0.466. The zero-order chi connectivity index (χ0) is 17.3. The van der Waals surface area contributed by atoms with Crippen molar-refractivity contribution in [2.75, 3.05) is 18.9 Å². The first-order valence-corrected chi connectivity index (χ1v) is 9.66. The largest absolute Gasteiger partial charge is 0.448 e. The lowest BCUT2D eigenvalue weighted by Gasteiger charge is -2.31. The highest BCUT2D eigenvalue weighted by Gasteiger charge is 2.42. The summed E-state index contributed by atoms with van der Waals surface area (Å²) in [4.78, 5) is 14.5. The molecule has 2 aliphatic carbocycles. The zero-order valence-electron chi connectivity index (χ0n) is 15.1. The van der Waals surface area contributed by atoms with Crippen molar-refractivity contribution in [3.05, 3.63) is 18.2 Å². The molecule has 1 aliphatic heterocycles. The molecule has 0 aromatic heterocycles. The van der Waals surface area contributed by atoms with Crippen molar-refractivity contribution in [1.29, 1.82) is 0 Å². The van der Waals surface area contributed by atoms with Crippen LogP contribution >= 0.6 is 0 Å². The van der Waals surface area contributed by atoms with Crippen LogP contribution in [-0.2, 0) is 4.79 Å². The average Bonchev–Trinajstić information content (AvgIpc) is 3.22. The van der Waals surface area contributed by atoms with Gasteiger partial charge < -0.3 is 14.8 Å². The van der Waals surface area contributed by atoms with Crippen LogP contribution in [0.1, 0.15) is 57.8 Å². The van der Waals surface area contributed by atoms with Gasteiger partial charge in [0.05, 0.1) is 6.54 Å². The molecule has 136 valence electrons. The van der Waals surface area contributed by atoms with Gasteiger partial charge in [-0.25, -0.2) is 0 Å². The molecule has 0 bridgehead atoms. The van der Waals surface area contributed by atoms with Crippen LogP contribution in [0.3, 0.4) is 0 Å². The third-order valence-corrected chi connectivity index (χ3v) is 5.78. The topological polar surface area (TPSA) is 50.8 Å². The molecule has 0 atom stereocenters. The maximum atomic E-state index is 12.4. The Morgan fingerprint density at radius 3 is 2.60 bits per heavy atom. The number of fused-ring (bicyclic) bond motifs is 1. The Morgan fingerprint density at radius 1 is 1.12 bits per heavy atom. The van der Waals surface area contributed by atoms with Crippen LogP contribution in [0.4, 0.5) is 5.69 Å². The number of nitrogens with one attached hydrogen (secondary N) is 1. The molecule has 1 spiro atoms. The molecule has 0 radical (unpaired) electrons. The lowest BCUT2D eigenvalue weighted by Crippen LogP contribution is -2.40. The standard InChI is InChI=1S/C20H28N2O3/c1-22(16-7-3-4-8-16)14-19(23)21-15-9-10-17-18(13-15)25-20(24-17)11-5-2-6-12-20/h9-10,13,16H,2-8,11-12,14H2,1H3,(H,21,23). The molecule has 4 rings (SSSR count). The van der Waals surface area contributed by atoms with Crippen LogP contribution in [0.15, 0.2) is 18.2 Å². The van der Waals surface area contributed by atoms with Gasteiger partial charge in [-0.1, -0.05) is 19.3 Å². The molecule has 1 amide bonds. The summed E-state index contributed by atoms with van der Waals surface area (Å²) in [6.07, 6.45) is 10.4. The molecule has 5 heteroatoms. The number of nitrogens with zero attached hydrogens (tertiary/aromatic N) is 1. The predicted molar refractivity (Wildman–Crippen MR) is 97.0 cm³/mol. The van der Waals surface area contributed by atoms with E-state index >= 15 is 0 Å². The summed E-state index contributed by atoms with van der Waals surface area (Å²) in [6, 6.07) is 6.26. The first-order chi connectivity index (χ1) is 12.1. The maximum Gasteiger partial charge on any atom is 0.251 e. The van der Waals surface area contributed by atoms with Crippen LogP contribution in [0, 0.1) is 0 Å². The van der Waals surface area contributed by atoms with Crippen molar-refractivity contribution >= 4 is 11.6 Å². The molecule has 2 saturated carbocycles. The van der Waals surface area contributed by atoms with Crippen molar-refractivity contribution in [2.45, 2.75) is 69.6 Å². The van der Waals surface area contributed by atoms with E-state index < -0.39 is 5.79 Å². The summed E-state index contributed by atoms with van der Waals surface area (Å²) in [5.74, 6) is 1.11. The molecule has 1 N–H and O–H groups in total. The Kier molecular flexibility index (Phi) is 4.59. The van der Waals surface area contributed by atoms with Crippen molar-refractivity contribution in [2.24, 2.45) is 0 Å². The van der Waals surface area contributed by atoms with E-state index in [4.69, 9.17) is 9.47 Å². The van der Waals surface area contributed by atoms with E-state index in [1.165, 1.54) is 32.1 Å². The van der Waals surface area contributed by atoms with E-state index in [9.17, 15) is 4.79 Å². The highest BCUT2D eigenvalue weighted by Crippen LogP contribution is 2.46. The fourth-order valence-electron chi connectivity index (χ4n) is 4.37. The van der Waals surface area contributed by atoms with E-state index in [1.807, 2.05) is 25.2 Å². The van der Waals surface area contributed by atoms with Crippen molar-refractivity contribution in [3.63, 3.8) is 0 Å². The van der Waals surface area contributed by atoms with E-state index in [-0.39, 0.29) is 5.91 Å². The predicted octanol–water partition coefficient (Wildman–Crippen LogP) is 3.93. The highest BCUT2D eigenvalue weighted by molar-refractivity contribution is 5.92. The molecule has 2 fully saturated rings. The first-order valence-electron chi connectivity index (χ1n) is 9.66. The number of hydrogen-bond acceptors (Lipinski definition) is 4. The molecular formula is C20H28N2O3. The van der Waals surface area contributed by atoms with Crippen molar-refractivity contribution in [3.8, 4) is 11.5 Å². The molecule has 0 unspecified atom stereocenters. The normalized spacial score (nSPS) is 21.8. The van der Waals surface area contributed by atoms with Gasteiger partial charge >= 0.3 is 0 Å².